The number of oxime groups is 1. The summed E-state index contributed by atoms with van der Waals surface area (Å²) in [5, 5.41) is 4.21. The highest BCUT2D eigenvalue weighted by Gasteiger charge is 2.55. The van der Waals surface area contributed by atoms with Gasteiger partial charge in [0.25, 0.3) is 0 Å². The van der Waals surface area contributed by atoms with Crippen molar-refractivity contribution in [2.45, 2.75) is 92.8 Å². The summed E-state index contributed by atoms with van der Waals surface area (Å²) in [4.78, 5) is 80.1. The standard InChI is InChI=1S/C30H39NO13/c1-10-38-30(37)24-25(23-15(3)11-14(2)12-16(23)4)31-44-27(24)29(43-21(9)36)28(42-20(8)35)26(41-19(7)34)22(40-18(6)33)13-39-17(5)32/h11-12,22,24,26-29H,10,13H2,1-9H3/t22-,24+,26+,27+,28+,29+/m1/s1. The molecule has 0 aliphatic carbocycles. The molecule has 242 valence electrons. The second-order valence-corrected chi connectivity index (χ2v) is 10.2. The Morgan fingerprint density at radius 2 is 1.27 bits per heavy atom. The average Bonchev–Trinajstić information content (AvgIpc) is 3.30. The Bertz CT molecular complexity index is 1280. The van der Waals surface area contributed by atoms with E-state index in [4.69, 9.17) is 33.3 Å². The van der Waals surface area contributed by atoms with Crippen molar-refractivity contribution in [3.05, 3.63) is 34.4 Å². The van der Waals surface area contributed by atoms with E-state index in [0.717, 1.165) is 51.3 Å². The van der Waals surface area contributed by atoms with E-state index < -0.39 is 78.9 Å². The van der Waals surface area contributed by atoms with Gasteiger partial charge >= 0.3 is 35.8 Å². The van der Waals surface area contributed by atoms with E-state index >= 15 is 0 Å². The molecule has 14 nitrogen and oxygen atoms in total. The molecule has 0 N–H and O–H groups in total. The molecule has 0 amide bonds. The van der Waals surface area contributed by atoms with Crippen LogP contribution in [0.1, 0.15) is 63.8 Å². The highest BCUT2D eigenvalue weighted by atomic mass is 16.7. The molecule has 0 bridgehead atoms. The molecule has 44 heavy (non-hydrogen) atoms. The van der Waals surface area contributed by atoms with E-state index in [9.17, 15) is 28.8 Å². The van der Waals surface area contributed by atoms with Crippen molar-refractivity contribution < 1.29 is 62.0 Å². The Balaban J connectivity index is 2.79. The number of carbonyl (C=O) groups is 6. The maximum atomic E-state index is 13.5. The van der Waals surface area contributed by atoms with E-state index in [1.54, 1.807) is 6.92 Å². The summed E-state index contributed by atoms with van der Waals surface area (Å²) in [6.45, 7) is 11.8. The summed E-state index contributed by atoms with van der Waals surface area (Å²) in [6, 6.07) is 3.78. The zero-order valence-corrected chi connectivity index (χ0v) is 26.3. The molecule has 1 aliphatic heterocycles. The molecule has 0 radical (unpaired) electrons. The lowest BCUT2D eigenvalue weighted by Gasteiger charge is -2.37. The highest BCUT2D eigenvalue weighted by molar-refractivity contribution is 6.14. The quantitative estimate of drug-likeness (QED) is 0.231. The number of nitrogens with zero attached hydrogens (tertiary/aromatic N) is 1. The van der Waals surface area contributed by atoms with Gasteiger partial charge in [0.15, 0.2) is 30.5 Å². The number of rotatable bonds is 13. The summed E-state index contributed by atoms with van der Waals surface area (Å²) in [5.41, 5.74) is 3.27. The summed E-state index contributed by atoms with van der Waals surface area (Å²) in [7, 11) is 0. The smallest absolute Gasteiger partial charge is 0.319 e. The van der Waals surface area contributed by atoms with Crippen molar-refractivity contribution >= 4 is 41.5 Å². The first-order valence-corrected chi connectivity index (χ1v) is 13.9. The van der Waals surface area contributed by atoms with Gasteiger partial charge < -0.3 is 33.3 Å². The minimum atomic E-state index is -1.77. The van der Waals surface area contributed by atoms with Gasteiger partial charge in [0, 0.05) is 40.2 Å². The third-order valence-electron chi connectivity index (χ3n) is 6.38. The van der Waals surface area contributed by atoms with Crippen LogP contribution < -0.4 is 0 Å². The van der Waals surface area contributed by atoms with Crippen LogP contribution in [0, 0.1) is 26.7 Å². The Labute approximate surface area is 255 Å². The molecule has 1 heterocycles. The molecule has 14 heteroatoms. The van der Waals surface area contributed by atoms with Crippen molar-refractivity contribution in [2.75, 3.05) is 13.2 Å². The van der Waals surface area contributed by atoms with E-state index in [2.05, 4.69) is 5.16 Å². The van der Waals surface area contributed by atoms with E-state index in [1.807, 2.05) is 32.9 Å². The predicted octanol–water partition coefficient (Wildman–Crippen LogP) is 2.18. The second kappa shape index (κ2) is 15.8. The Morgan fingerprint density at radius 3 is 1.75 bits per heavy atom. The van der Waals surface area contributed by atoms with Crippen molar-refractivity contribution in [2.24, 2.45) is 11.1 Å². The first kappa shape index (κ1) is 35.7. The summed E-state index contributed by atoms with van der Waals surface area (Å²) in [5.74, 6) is -6.44. The number of hydrogen-bond acceptors (Lipinski definition) is 14. The fourth-order valence-electron chi connectivity index (χ4n) is 5.08. The number of esters is 6. The number of benzene rings is 1. The Kier molecular flexibility index (Phi) is 12.8. The molecule has 2 rings (SSSR count). The monoisotopic (exact) mass is 621 g/mol. The molecular formula is C30H39NO13. The van der Waals surface area contributed by atoms with E-state index in [1.165, 1.54) is 0 Å². The average molecular weight is 622 g/mol. The lowest BCUT2D eigenvalue weighted by atomic mass is 9.83. The van der Waals surface area contributed by atoms with Gasteiger partial charge in [0.05, 0.1) is 6.61 Å². The van der Waals surface area contributed by atoms with E-state index in [0.29, 0.717) is 5.56 Å². The molecule has 1 aliphatic rings. The van der Waals surface area contributed by atoms with Crippen molar-refractivity contribution in [3.8, 4) is 0 Å². The van der Waals surface area contributed by atoms with Crippen LogP contribution in [0.4, 0.5) is 0 Å². The molecule has 1 aromatic rings. The fourth-order valence-corrected chi connectivity index (χ4v) is 5.08. The van der Waals surface area contributed by atoms with Gasteiger partial charge in [-0.25, -0.2) is 0 Å². The SMILES string of the molecule is CCOC(=O)[C@H]1C(c2c(C)cc(C)cc2C)=NO[C@@H]1[C@H](OC(C)=O)[C@@H](OC(C)=O)[C@@H](OC(C)=O)[C@@H](COC(C)=O)OC(C)=O. The van der Waals surface area contributed by atoms with Crippen LogP contribution in [-0.4, -0.2) is 85.3 Å². The van der Waals surface area contributed by atoms with Crippen LogP contribution in [0.2, 0.25) is 0 Å². The first-order chi connectivity index (χ1) is 20.6. The topological polar surface area (TPSA) is 179 Å². The third-order valence-corrected chi connectivity index (χ3v) is 6.38. The van der Waals surface area contributed by atoms with Crippen molar-refractivity contribution in [1.82, 2.24) is 0 Å². The Hall–Kier alpha value is -4.49. The van der Waals surface area contributed by atoms with Crippen molar-refractivity contribution in [3.63, 3.8) is 0 Å². The number of aryl methyl sites for hydroxylation is 3. The second-order valence-electron chi connectivity index (χ2n) is 10.2. The minimum Gasteiger partial charge on any atom is -0.465 e. The van der Waals surface area contributed by atoms with Gasteiger partial charge in [-0.2, -0.15) is 0 Å². The molecular weight excluding hydrogens is 582 g/mol. The lowest BCUT2D eigenvalue weighted by molar-refractivity contribution is -0.214. The van der Waals surface area contributed by atoms with Crippen LogP contribution in [-0.2, 0) is 62.0 Å². The van der Waals surface area contributed by atoms with Gasteiger partial charge in [-0.05, 0) is 38.8 Å². The number of ether oxygens (including phenoxy) is 6. The van der Waals surface area contributed by atoms with Gasteiger partial charge in [0.1, 0.15) is 18.2 Å². The highest BCUT2D eigenvalue weighted by Crippen LogP contribution is 2.35. The van der Waals surface area contributed by atoms with Gasteiger partial charge in [0.2, 0.25) is 0 Å². The van der Waals surface area contributed by atoms with Gasteiger partial charge in [-0.1, -0.05) is 22.9 Å². The molecule has 0 spiro atoms. The Morgan fingerprint density at radius 1 is 0.750 bits per heavy atom. The maximum Gasteiger partial charge on any atom is 0.319 e. The van der Waals surface area contributed by atoms with Crippen LogP contribution in [0.3, 0.4) is 0 Å². The largest absolute Gasteiger partial charge is 0.465 e. The summed E-state index contributed by atoms with van der Waals surface area (Å²) in [6.07, 6.45) is -8.22. The molecule has 0 fully saturated rings. The van der Waals surface area contributed by atoms with Gasteiger partial charge in [-0.15, -0.1) is 0 Å². The van der Waals surface area contributed by atoms with Crippen LogP contribution in [0.5, 0.6) is 0 Å². The first-order valence-electron chi connectivity index (χ1n) is 13.9. The summed E-state index contributed by atoms with van der Waals surface area (Å²) < 4.78 is 32.3. The zero-order valence-electron chi connectivity index (χ0n) is 26.3. The molecule has 6 atom stereocenters. The number of hydrogen-bond donors (Lipinski definition) is 0. The minimum absolute atomic E-state index is 0.0141. The number of carbonyl (C=O) groups excluding carboxylic acids is 6. The fraction of sp³-hybridized carbons (Fsp3) is 0.567. The molecule has 0 saturated carbocycles. The van der Waals surface area contributed by atoms with Crippen LogP contribution >= 0.6 is 0 Å². The third kappa shape index (κ3) is 9.51. The molecule has 1 aromatic carbocycles. The van der Waals surface area contributed by atoms with Gasteiger partial charge in [-0.3, -0.25) is 28.8 Å². The predicted molar refractivity (Wildman–Crippen MR) is 151 cm³/mol. The molecule has 0 aromatic heterocycles. The zero-order chi connectivity index (χ0) is 33.3. The van der Waals surface area contributed by atoms with E-state index in [-0.39, 0.29) is 12.3 Å². The molecule has 0 saturated heterocycles. The lowest BCUT2D eigenvalue weighted by Crippen LogP contribution is -2.58. The maximum absolute atomic E-state index is 13.5. The summed E-state index contributed by atoms with van der Waals surface area (Å²) >= 11 is 0. The molecule has 0 unspecified atom stereocenters. The van der Waals surface area contributed by atoms with Crippen LogP contribution in [0.15, 0.2) is 17.3 Å². The normalized spacial score (nSPS) is 18.3. The van der Waals surface area contributed by atoms with Crippen molar-refractivity contribution in [1.29, 1.82) is 0 Å². The van der Waals surface area contributed by atoms with Crippen LogP contribution in [0.25, 0.3) is 0 Å².